The highest BCUT2D eigenvalue weighted by Gasteiger charge is 2.15. The lowest BCUT2D eigenvalue weighted by molar-refractivity contribution is 0.0982. The number of rotatable bonds is 4. The fraction of sp³-hybridized carbons (Fsp3) is 0.133. The topological polar surface area (TPSA) is 17.1 Å². The molecule has 0 aromatic heterocycles. The first kappa shape index (κ1) is 14.0. The van der Waals surface area contributed by atoms with Crippen LogP contribution in [-0.4, -0.2) is 5.78 Å². The Morgan fingerprint density at radius 2 is 1.79 bits per heavy atom. The maximum Gasteiger partial charge on any atom is 0.164 e. The van der Waals surface area contributed by atoms with Crippen molar-refractivity contribution in [1.82, 2.24) is 0 Å². The minimum atomic E-state index is -0.669. The van der Waals surface area contributed by atoms with Crippen molar-refractivity contribution in [3.8, 4) is 0 Å². The summed E-state index contributed by atoms with van der Waals surface area (Å²) >= 11 is 11.5. The van der Waals surface area contributed by atoms with Crippen LogP contribution < -0.4 is 0 Å². The van der Waals surface area contributed by atoms with Crippen molar-refractivity contribution in [2.45, 2.75) is 12.8 Å². The Hall–Kier alpha value is -1.38. The van der Waals surface area contributed by atoms with Crippen molar-refractivity contribution in [1.29, 1.82) is 0 Å². The number of benzene rings is 2. The zero-order valence-electron chi connectivity index (χ0n) is 10.00. The molecule has 0 aliphatic heterocycles. The van der Waals surface area contributed by atoms with Crippen LogP contribution in [0.3, 0.4) is 0 Å². The first-order valence-corrected chi connectivity index (χ1v) is 6.55. The molecule has 0 amide bonds. The maximum atomic E-state index is 13.4. The van der Waals surface area contributed by atoms with Crippen molar-refractivity contribution in [2.75, 3.05) is 0 Å². The van der Waals surface area contributed by atoms with Crippen molar-refractivity contribution in [3.05, 3.63) is 69.5 Å². The van der Waals surface area contributed by atoms with Crippen molar-refractivity contribution in [2.24, 2.45) is 0 Å². The van der Waals surface area contributed by atoms with Gasteiger partial charge in [-0.1, -0.05) is 53.5 Å². The average Bonchev–Trinajstić information content (AvgIpc) is 2.41. The lowest BCUT2D eigenvalue weighted by atomic mass is 10.0. The van der Waals surface area contributed by atoms with E-state index in [1.54, 1.807) is 0 Å². The molecule has 0 unspecified atom stereocenters. The van der Waals surface area contributed by atoms with Gasteiger partial charge in [0.25, 0.3) is 0 Å². The zero-order chi connectivity index (χ0) is 13.8. The molecule has 0 spiro atoms. The van der Waals surface area contributed by atoms with Gasteiger partial charge in [0.05, 0.1) is 5.02 Å². The SMILES string of the molecule is O=C(CCc1ccccc1)c1cc(Cl)cc(F)c1Cl. The van der Waals surface area contributed by atoms with E-state index in [-0.39, 0.29) is 27.8 Å². The minimum absolute atomic E-state index is 0.141. The van der Waals surface area contributed by atoms with E-state index >= 15 is 0 Å². The number of Topliss-reactive ketones (excluding diaryl/α,β-unsaturated/α-hetero) is 1. The molecule has 98 valence electrons. The molecule has 2 aromatic rings. The van der Waals surface area contributed by atoms with Gasteiger partial charge >= 0.3 is 0 Å². The minimum Gasteiger partial charge on any atom is -0.294 e. The van der Waals surface area contributed by atoms with Gasteiger partial charge in [-0.15, -0.1) is 0 Å². The smallest absolute Gasteiger partial charge is 0.164 e. The van der Waals surface area contributed by atoms with Gasteiger partial charge in [0, 0.05) is 17.0 Å². The van der Waals surface area contributed by atoms with Crippen LogP contribution in [0.4, 0.5) is 4.39 Å². The predicted octanol–water partition coefficient (Wildman–Crippen LogP) is 4.95. The summed E-state index contributed by atoms with van der Waals surface area (Å²) in [5.74, 6) is -0.882. The molecule has 1 nitrogen and oxygen atoms in total. The third-order valence-corrected chi connectivity index (χ3v) is 3.38. The molecule has 19 heavy (non-hydrogen) atoms. The molecule has 0 aliphatic carbocycles. The van der Waals surface area contributed by atoms with Gasteiger partial charge in [-0.3, -0.25) is 4.79 Å². The summed E-state index contributed by atoms with van der Waals surface area (Å²) in [5, 5.41) is 0.00687. The first-order valence-electron chi connectivity index (χ1n) is 5.79. The first-order chi connectivity index (χ1) is 9.08. The Morgan fingerprint density at radius 3 is 2.47 bits per heavy atom. The van der Waals surface area contributed by atoms with Gasteiger partial charge in [0.2, 0.25) is 0 Å². The fourth-order valence-electron chi connectivity index (χ4n) is 1.80. The molecule has 2 aromatic carbocycles. The van der Waals surface area contributed by atoms with E-state index in [2.05, 4.69) is 0 Å². The van der Waals surface area contributed by atoms with Gasteiger partial charge in [0.1, 0.15) is 5.82 Å². The molecule has 0 heterocycles. The summed E-state index contributed by atoms with van der Waals surface area (Å²) < 4.78 is 13.4. The van der Waals surface area contributed by atoms with Gasteiger partial charge in [-0.25, -0.2) is 4.39 Å². The lowest BCUT2D eigenvalue weighted by Gasteiger charge is -2.05. The van der Waals surface area contributed by atoms with E-state index in [1.807, 2.05) is 30.3 Å². The van der Waals surface area contributed by atoms with Crippen molar-refractivity contribution in [3.63, 3.8) is 0 Å². The highest BCUT2D eigenvalue weighted by Crippen LogP contribution is 2.26. The van der Waals surface area contributed by atoms with Crippen LogP contribution >= 0.6 is 23.2 Å². The highest BCUT2D eigenvalue weighted by molar-refractivity contribution is 6.36. The molecular formula is C15H11Cl2FO. The molecule has 0 fully saturated rings. The predicted molar refractivity (Wildman–Crippen MR) is 75.5 cm³/mol. The van der Waals surface area contributed by atoms with E-state index in [9.17, 15) is 9.18 Å². The molecule has 2 rings (SSSR count). The molecule has 0 bridgehead atoms. The quantitative estimate of drug-likeness (QED) is 0.576. The average molecular weight is 297 g/mol. The largest absolute Gasteiger partial charge is 0.294 e. The molecular weight excluding hydrogens is 286 g/mol. The number of carbonyl (C=O) groups excluding carboxylic acids is 1. The number of aryl methyl sites for hydroxylation is 1. The third kappa shape index (κ3) is 3.55. The van der Waals surface area contributed by atoms with E-state index in [1.165, 1.54) is 6.07 Å². The molecule has 0 radical (unpaired) electrons. The molecule has 0 saturated heterocycles. The van der Waals surface area contributed by atoms with E-state index in [4.69, 9.17) is 23.2 Å². The Kier molecular flexibility index (Phi) is 4.56. The van der Waals surface area contributed by atoms with E-state index in [0.717, 1.165) is 11.6 Å². The second kappa shape index (κ2) is 6.18. The van der Waals surface area contributed by atoms with Crippen LogP contribution in [0.2, 0.25) is 10.0 Å². The molecule has 4 heteroatoms. The Labute approximate surface area is 121 Å². The summed E-state index contributed by atoms with van der Waals surface area (Å²) in [7, 11) is 0. The zero-order valence-corrected chi connectivity index (χ0v) is 11.5. The van der Waals surface area contributed by atoms with Gasteiger partial charge in [-0.05, 0) is 24.1 Å². The molecule has 0 N–H and O–H groups in total. The highest BCUT2D eigenvalue weighted by atomic mass is 35.5. The standard InChI is InChI=1S/C15H11Cl2FO/c16-11-8-12(15(17)13(18)9-11)14(19)7-6-10-4-2-1-3-5-10/h1-5,8-9H,6-7H2. The molecule has 0 aliphatic rings. The Morgan fingerprint density at radius 1 is 1.11 bits per heavy atom. The Balaban J connectivity index is 2.13. The lowest BCUT2D eigenvalue weighted by Crippen LogP contribution is -2.03. The number of ketones is 1. The van der Waals surface area contributed by atoms with Crippen molar-refractivity contribution < 1.29 is 9.18 Å². The van der Waals surface area contributed by atoms with Crippen LogP contribution in [0, 0.1) is 5.82 Å². The summed E-state index contributed by atoms with van der Waals surface area (Å²) in [4.78, 5) is 12.0. The third-order valence-electron chi connectivity index (χ3n) is 2.78. The van der Waals surface area contributed by atoms with Crippen LogP contribution in [0.15, 0.2) is 42.5 Å². The molecule has 0 atom stereocenters. The summed E-state index contributed by atoms with van der Waals surface area (Å²) in [6.45, 7) is 0. The normalized spacial score (nSPS) is 10.5. The van der Waals surface area contributed by atoms with Crippen LogP contribution in [-0.2, 0) is 6.42 Å². The van der Waals surface area contributed by atoms with E-state index in [0.29, 0.717) is 6.42 Å². The van der Waals surface area contributed by atoms with E-state index < -0.39 is 5.82 Å². The Bertz CT molecular complexity index is 597. The summed E-state index contributed by atoms with van der Waals surface area (Å²) in [5.41, 5.74) is 1.19. The number of halogens is 3. The van der Waals surface area contributed by atoms with Crippen LogP contribution in [0.25, 0.3) is 0 Å². The summed E-state index contributed by atoms with van der Waals surface area (Å²) in [6.07, 6.45) is 0.855. The number of hydrogen-bond acceptors (Lipinski definition) is 1. The van der Waals surface area contributed by atoms with Crippen LogP contribution in [0.5, 0.6) is 0 Å². The van der Waals surface area contributed by atoms with Gasteiger partial charge in [0.15, 0.2) is 5.78 Å². The number of carbonyl (C=O) groups is 1. The van der Waals surface area contributed by atoms with Crippen molar-refractivity contribution >= 4 is 29.0 Å². The fourth-order valence-corrected chi connectivity index (χ4v) is 2.22. The second-order valence-electron chi connectivity index (χ2n) is 4.16. The van der Waals surface area contributed by atoms with Gasteiger partial charge in [-0.2, -0.15) is 0 Å². The molecule has 0 saturated carbocycles. The maximum absolute atomic E-state index is 13.4. The summed E-state index contributed by atoms with van der Waals surface area (Å²) in [6, 6.07) is 12.1. The monoisotopic (exact) mass is 296 g/mol. The van der Waals surface area contributed by atoms with Crippen LogP contribution in [0.1, 0.15) is 22.3 Å². The number of hydrogen-bond donors (Lipinski definition) is 0. The second-order valence-corrected chi connectivity index (χ2v) is 4.97. The van der Waals surface area contributed by atoms with Gasteiger partial charge < -0.3 is 0 Å².